The Labute approximate surface area is 109 Å². The van der Waals surface area contributed by atoms with Gasteiger partial charge in [-0.15, -0.1) is 0 Å². The van der Waals surface area contributed by atoms with E-state index in [1.165, 1.54) is 12.1 Å². The molecule has 0 saturated carbocycles. The predicted molar refractivity (Wildman–Crippen MR) is 70.9 cm³/mol. The van der Waals surface area contributed by atoms with Crippen LogP contribution in [0.2, 0.25) is 10.0 Å². The first kappa shape index (κ1) is 13.5. The van der Waals surface area contributed by atoms with E-state index in [0.29, 0.717) is 10.8 Å². The Morgan fingerprint density at radius 3 is 2.44 bits per heavy atom. The maximum absolute atomic E-state index is 12.9. The van der Waals surface area contributed by atoms with Gasteiger partial charge in [0.05, 0.1) is 15.7 Å². The van der Waals surface area contributed by atoms with Gasteiger partial charge in [0, 0.05) is 6.54 Å². The van der Waals surface area contributed by atoms with Crippen LogP contribution in [-0.2, 0) is 0 Å². The van der Waals surface area contributed by atoms with Crippen molar-refractivity contribution in [3.63, 3.8) is 0 Å². The fraction of sp³-hybridized carbons (Fsp3) is 0.300. The van der Waals surface area contributed by atoms with Crippen molar-refractivity contribution in [2.24, 2.45) is 0 Å². The van der Waals surface area contributed by atoms with Gasteiger partial charge in [-0.3, -0.25) is 0 Å². The summed E-state index contributed by atoms with van der Waals surface area (Å²) in [6.07, 6.45) is 0.951. The van der Waals surface area contributed by atoms with Crippen LogP contribution in [0.3, 0.4) is 0 Å². The standard InChI is InChI=1S/C10H11Cl2FN2S/c1-2-3-14-10(16)15-9-7(11)4-6(13)5-8(9)12/h4-5H,2-3H2,1H3,(H2,14,15,16). The van der Waals surface area contributed by atoms with Crippen LogP contribution in [0.4, 0.5) is 10.1 Å². The van der Waals surface area contributed by atoms with E-state index < -0.39 is 5.82 Å². The minimum absolute atomic E-state index is 0.200. The van der Waals surface area contributed by atoms with Gasteiger partial charge in [0.2, 0.25) is 0 Å². The van der Waals surface area contributed by atoms with Gasteiger partial charge in [-0.1, -0.05) is 30.1 Å². The molecule has 1 aromatic rings. The molecule has 0 heterocycles. The highest BCUT2D eigenvalue weighted by atomic mass is 35.5. The molecular formula is C10H11Cl2FN2S. The molecule has 0 saturated heterocycles. The zero-order chi connectivity index (χ0) is 12.1. The molecule has 1 aromatic carbocycles. The maximum Gasteiger partial charge on any atom is 0.170 e. The van der Waals surface area contributed by atoms with Gasteiger partial charge >= 0.3 is 0 Å². The lowest BCUT2D eigenvalue weighted by Crippen LogP contribution is -2.29. The number of thiocarbonyl (C=S) groups is 1. The van der Waals surface area contributed by atoms with E-state index in [2.05, 4.69) is 10.6 Å². The van der Waals surface area contributed by atoms with Gasteiger partial charge in [-0.25, -0.2) is 4.39 Å². The van der Waals surface area contributed by atoms with Crippen LogP contribution in [0.25, 0.3) is 0 Å². The van der Waals surface area contributed by atoms with Crippen molar-refractivity contribution in [2.75, 3.05) is 11.9 Å². The fourth-order valence-corrected chi connectivity index (χ4v) is 1.82. The summed E-state index contributed by atoms with van der Waals surface area (Å²) in [6.45, 7) is 2.77. The SMILES string of the molecule is CCCNC(=S)Nc1c(Cl)cc(F)cc1Cl. The number of hydrogen-bond acceptors (Lipinski definition) is 1. The first-order valence-electron chi connectivity index (χ1n) is 4.74. The molecule has 1 rings (SSSR count). The number of rotatable bonds is 3. The van der Waals surface area contributed by atoms with E-state index in [-0.39, 0.29) is 10.0 Å². The summed E-state index contributed by atoms with van der Waals surface area (Å²) in [4.78, 5) is 0. The van der Waals surface area contributed by atoms with E-state index >= 15 is 0 Å². The van der Waals surface area contributed by atoms with Crippen molar-refractivity contribution in [3.8, 4) is 0 Å². The van der Waals surface area contributed by atoms with Crippen molar-refractivity contribution in [1.82, 2.24) is 5.32 Å². The molecule has 0 atom stereocenters. The quantitative estimate of drug-likeness (QED) is 0.823. The second-order valence-corrected chi connectivity index (χ2v) is 4.35. The lowest BCUT2D eigenvalue weighted by Gasteiger charge is -2.12. The second kappa shape index (κ2) is 6.23. The zero-order valence-electron chi connectivity index (χ0n) is 8.61. The van der Waals surface area contributed by atoms with Crippen LogP contribution < -0.4 is 10.6 Å². The van der Waals surface area contributed by atoms with Gasteiger partial charge in [0.25, 0.3) is 0 Å². The van der Waals surface area contributed by atoms with Gasteiger partial charge in [-0.05, 0) is 30.8 Å². The molecule has 88 valence electrons. The van der Waals surface area contributed by atoms with Gasteiger partial charge < -0.3 is 10.6 Å². The zero-order valence-corrected chi connectivity index (χ0v) is 10.9. The topological polar surface area (TPSA) is 24.1 Å². The molecule has 0 fully saturated rings. The summed E-state index contributed by atoms with van der Waals surface area (Å²) >= 11 is 16.7. The molecule has 0 unspecified atom stereocenters. The van der Waals surface area contributed by atoms with Crippen LogP contribution in [0.1, 0.15) is 13.3 Å². The monoisotopic (exact) mass is 280 g/mol. The van der Waals surface area contributed by atoms with Crippen LogP contribution in [0.15, 0.2) is 12.1 Å². The lowest BCUT2D eigenvalue weighted by atomic mass is 10.3. The average molecular weight is 281 g/mol. The van der Waals surface area contributed by atoms with Gasteiger partial charge in [0.1, 0.15) is 5.82 Å². The number of hydrogen-bond donors (Lipinski definition) is 2. The van der Waals surface area contributed by atoms with Crippen molar-refractivity contribution in [3.05, 3.63) is 28.0 Å². The smallest absolute Gasteiger partial charge is 0.170 e. The molecule has 2 nitrogen and oxygen atoms in total. The summed E-state index contributed by atoms with van der Waals surface area (Å²) in [5.74, 6) is -0.479. The third kappa shape index (κ3) is 3.77. The maximum atomic E-state index is 12.9. The molecular weight excluding hydrogens is 270 g/mol. The highest BCUT2D eigenvalue weighted by Crippen LogP contribution is 2.31. The first-order chi connectivity index (χ1) is 7.54. The second-order valence-electron chi connectivity index (χ2n) is 3.13. The van der Waals surface area contributed by atoms with Gasteiger partial charge in [-0.2, -0.15) is 0 Å². The highest BCUT2D eigenvalue weighted by molar-refractivity contribution is 7.80. The summed E-state index contributed by atoms with van der Waals surface area (Å²) in [7, 11) is 0. The minimum atomic E-state index is -0.479. The Morgan fingerprint density at radius 2 is 1.94 bits per heavy atom. The van der Waals surface area contributed by atoms with Crippen LogP contribution in [0.5, 0.6) is 0 Å². The molecule has 0 spiro atoms. The molecule has 2 N–H and O–H groups in total. The van der Waals surface area contributed by atoms with Crippen LogP contribution in [0, 0.1) is 5.82 Å². The minimum Gasteiger partial charge on any atom is -0.362 e. The average Bonchev–Trinajstić information content (AvgIpc) is 2.20. The van der Waals surface area contributed by atoms with E-state index in [4.69, 9.17) is 35.4 Å². The number of nitrogens with one attached hydrogen (secondary N) is 2. The summed E-state index contributed by atoms with van der Waals surface area (Å²) in [5, 5.41) is 6.60. The fourth-order valence-electron chi connectivity index (χ4n) is 1.06. The summed E-state index contributed by atoms with van der Waals surface area (Å²) in [6, 6.07) is 2.36. The number of anilines is 1. The molecule has 6 heteroatoms. The summed E-state index contributed by atoms with van der Waals surface area (Å²) < 4.78 is 12.9. The van der Waals surface area contributed by atoms with Crippen LogP contribution >= 0.6 is 35.4 Å². The predicted octanol–water partition coefficient (Wildman–Crippen LogP) is 3.83. The Bertz CT molecular complexity index is 375. The molecule has 0 aliphatic heterocycles. The molecule has 0 aliphatic carbocycles. The molecule has 0 amide bonds. The van der Waals surface area contributed by atoms with E-state index in [1.54, 1.807) is 0 Å². The molecule has 0 aliphatic rings. The third-order valence-electron chi connectivity index (χ3n) is 1.78. The Hall–Kier alpha value is -0.580. The van der Waals surface area contributed by atoms with Gasteiger partial charge in [0.15, 0.2) is 5.11 Å². The molecule has 16 heavy (non-hydrogen) atoms. The van der Waals surface area contributed by atoms with Crippen molar-refractivity contribution < 1.29 is 4.39 Å². The third-order valence-corrected chi connectivity index (χ3v) is 2.62. The molecule has 0 aromatic heterocycles. The summed E-state index contributed by atoms with van der Waals surface area (Å²) in [5.41, 5.74) is 0.415. The largest absolute Gasteiger partial charge is 0.362 e. The highest BCUT2D eigenvalue weighted by Gasteiger charge is 2.09. The van der Waals surface area contributed by atoms with Crippen molar-refractivity contribution in [2.45, 2.75) is 13.3 Å². The van der Waals surface area contributed by atoms with Crippen LogP contribution in [-0.4, -0.2) is 11.7 Å². The van der Waals surface area contributed by atoms with E-state index in [1.807, 2.05) is 6.92 Å². The lowest BCUT2D eigenvalue weighted by molar-refractivity contribution is 0.628. The van der Waals surface area contributed by atoms with Crippen molar-refractivity contribution >= 4 is 46.2 Å². The Kier molecular flexibility index (Phi) is 5.25. The number of benzene rings is 1. The molecule has 0 bridgehead atoms. The van der Waals surface area contributed by atoms with Crippen molar-refractivity contribution in [1.29, 1.82) is 0 Å². The van der Waals surface area contributed by atoms with E-state index in [9.17, 15) is 4.39 Å². The molecule has 0 radical (unpaired) electrons. The first-order valence-corrected chi connectivity index (χ1v) is 5.90. The normalized spacial score (nSPS) is 10.0. The van der Waals surface area contributed by atoms with E-state index in [0.717, 1.165) is 13.0 Å². The Morgan fingerprint density at radius 1 is 1.38 bits per heavy atom. The number of halogens is 3. The Balaban J connectivity index is 2.77.